The van der Waals surface area contributed by atoms with Crippen LogP contribution in [-0.4, -0.2) is 67.9 Å². The lowest BCUT2D eigenvalue weighted by molar-refractivity contribution is -0.139. The van der Waals surface area contributed by atoms with Gasteiger partial charge in [-0.05, 0) is 24.6 Å². The molecule has 0 atom stereocenters. The van der Waals surface area contributed by atoms with E-state index in [1.54, 1.807) is 19.3 Å². The fraction of sp³-hybridized carbons (Fsp3) is 0.450. The summed E-state index contributed by atoms with van der Waals surface area (Å²) in [6.45, 7) is 13.5. The molecule has 2 rings (SSSR count). The number of aromatic nitrogens is 1. The lowest BCUT2D eigenvalue weighted by atomic mass is 10.2. The molecule has 1 aliphatic rings. The van der Waals surface area contributed by atoms with E-state index in [0.717, 1.165) is 44.5 Å². The van der Waals surface area contributed by atoms with Gasteiger partial charge < -0.3 is 14.2 Å². The lowest BCUT2D eigenvalue weighted by Gasteiger charge is -2.26. The molecule has 0 amide bonds. The van der Waals surface area contributed by atoms with Crippen molar-refractivity contribution < 1.29 is 23.8 Å². The fourth-order valence-corrected chi connectivity index (χ4v) is 2.09. The molecule has 7 nitrogen and oxygen atoms in total. The maximum atomic E-state index is 11.0. The van der Waals surface area contributed by atoms with Crippen LogP contribution >= 0.6 is 0 Å². The lowest BCUT2D eigenvalue weighted by Crippen LogP contribution is -2.38. The quantitative estimate of drug-likeness (QED) is 0.506. The van der Waals surface area contributed by atoms with Crippen molar-refractivity contribution in [2.45, 2.75) is 13.3 Å². The molecule has 1 aliphatic heterocycles. The fourth-order valence-electron chi connectivity index (χ4n) is 2.09. The Morgan fingerprint density at radius 3 is 2.48 bits per heavy atom. The van der Waals surface area contributed by atoms with E-state index in [2.05, 4.69) is 23.0 Å². The Morgan fingerprint density at radius 1 is 1.22 bits per heavy atom. The minimum atomic E-state index is -0.381. The number of carbonyl (C=O) groups is 2. The van der Waals surface area contributed by atoms with Crippen LogP contribution in [0.5, 0.6) is 0 Å². The SMILES string of the molecule is C=C(C)C(=O)OCCN1CCOCC1.C=CC(=O)OCCc1ccncc1. The summed E-state index contributed by atoms with van der Waals surface area (Å²) in [5.74, 6) is -0.688. The summed E-state index contributed by atoms with van der Waals surface area (Å²) in [5, 5.41) is 0. The Bertz CT molecular complexity index is 598. The molecule has 0 saturated carbocycles. The standard InChI is InChI=1S/C10H17NO3.C10H11NO2/c1-9(2)10(12)14-8-5-11-3-6-13-7-4-11;1-2-10(12)13-8-5-9-3-6-11-7-4-9/h1,3-8H2,2H3;2-4,6-7H,1,5,8H2. The zero-order valence-corrected chi connectivity index (χ0v) is 15.9. The molecular weight excluding hydrogens is 348 g/mol. The zero-order chi connectivity index (χ0) is 19.9. The maximum Gasteiger partial charge on any atom is 0.333 e. The van der Waals surface area contributed by atoms with Gasteiger partial charge in [0.05, 0.1) is 19.8 Å². The molecule has 2 heterocycles. The molecule has 0 N–H and O–H groups in total. The molecule has 0 spiro atoms. The Hall–Kier alpha value is -2.51. The van der Waals surface area contributed by atoms with Gasteiger partial charge in [0.2, 0.25) is 0 Å². The van der Waals surface area contributed by atoms with E-state index < -0.39 is 0 Å². The highest BCUT2D eigenvalue weighted by molar-refractivity contribution is 5.86. The first-order chi connectivity index (χ1) is 13.0. The summed E-state index contributed by atoms with van der Waals surface area (Å²) < 4.78 is 15.0. The van der Waals surface area contributed by atoms with Crippen LogP contribution in [0.1, 0.15) is 12.5 Å². The van der Waals surface area contributed by atoms with Crippen LogP contribution in [0.3, 0.4) is 0 Å². The van der Waals surface area contributed by atoms with Crippen molar-refractivity contribution in [2.24, 2.45) is 0 Å². The third-order valence-electron chi connectivity index (χ3n) is 3.64. The van der Waals surface area contributed by atoms with Crippen LogP contribution in [0, 0.1) is 0 Å². The van der Waals surface area contributed by atoms with Crippen LogP contribution in [0.2, 0.25) is 0 Å². The molecule has 148 valence electrons. The Labute approximate surface area is 160 Å². The van der Waals surface area contributed by atoms with Crippen molar-refractivity contribution in [1.82, 2.24) is 9.88 Å². The number of ether oxygens (including phenoxy) is 3. The van der Waals surface area contributed by atoms with Crippen LogP contribution in [0.15, 0.2) is 49.3 Å². The van der Waals surface area contributed by atoms with E-state index in [0.29, 0.717) is 25.2 Å². The molecule has 1 aromatic heterocycles. The molecule has 0 aromatic carbocycles. The maximum absolute atomic E-state index is 11.0. The second-order valence-electron chi connectivity index (χ2n) is 5.85. The summed E-state index contributed by atoms with van der Waals surface area (Å²) in [6.07, 6.45) is 5.30. The Balaban J connectivity index is 0.000000271. The van der Waals surface area contributed by atoms with Crippen LogP contribution in [0.25, 0.3) is 0 Å². The number of hydrogen-bond acceptors (Lipinski definition) is 7. The van der Waals surface area contributed by atoms with Gasteiger partial charge in [0.25, 0.3) is 0 Å². The van der Waals surface area contributed by atoms with Gasteiger partial charge in [-0.2, -0.15) is 0 Å². The molecule has 27 heavy (non-hydrogen) atoms. The van der Waals surface area contributed by atoms with E-state index in [9.17, 15) is 9.59 Å². The van der Waals surface area contributed by atoms with Gasteiger partial charge >= 0.3 is 11.9 Å². The Kier molecular flexibility index (Phi) is 11.4. The highest BCUT2D eigenvalue weighted by Gasteiger charge is 2.10. The monoisotopic (exact) mass is 376 g/mol. The van der Waals surface area contributed by atoms with Crippen LogP contribution < -0.4 is 0 Å². The summed E-state index contributed by atoms with van der Waals surface area (Å²) >= 11 is 0. The minimum Gasteiger partial charge on any atom is -0.462 e. The molecule has 0 bridgehead atoms. The molecule has 1 aromatic rings. The normalized spacial score (nSPS) is 13.7. The average Bonchev–Trinajstić information content (AvgIpc) is 2.70. The summed E-state index contributed by atoms with van der Waals surface area (Å²) in [4.78, 5) is 27.8. The number of esters is 2. The first-order valence-electron chi connectivity index (χ1n) is 8.83. The van der Waals surface area contributed by atoms with Crippen molar-refractivity contribution in [3.63, 3.8) is 0 Å². The first-order valence-corrected chi connectivity index (χ1v) is 8.83. The van der Waals surface area contributed by atoms with Crippen molar-refractivity contribution in [2.75, 3.05) is 46.1 Å². The van der Waals surface area contributed by atoms with E-state index in [1.807, 2.05) is 12.1 Å². The van der Waals surface area contributed by atoms with Crippen molar-refractivity contribution in [1.29, 1.82) is 0 Å². The second kappa shape index (κ2) is 13.7. The van der Waals surface area contributed by atoms with Gasteiger partial charge in [-0.1, -0.05) is 13.2 Å². The van der Waals surface area contributed by atoms with Gasteiger partial charge in [0, 0.05) is 50.1 Å². The van der Waals surface area contributed by atoms with Crippen LogP contribution in [0.4, 0.5) is 0 Å². The van der Waals surface area contributed by atoms with E-state index in [1.165, 1.54) is 0 Å². The first kappa shape index (κ1) is 22.5. The number of pyridine rings is 1. The van der Waals surface area contributed by atoms with Crippen molar-refractivity contribution in [3.8, 4) is 0 Å². The van der Waals surface area contributed by atoms with E-state index >= 15 is 0 Å². The number of morpholine rings is 1. The number of hydrogen-bond donors (Lipinski definition) is 0. The molecule has 0 radical (unpaired) electrons. The second-order valence-corrected chi connectivity index (χ2v) is 5.85. The highest BCUT2D eigenvalue weighted by Crippen LogP contribution is 1.98. The number of carbonyl (C=O) groups excluding carboxylic acids is 2. The van der Waals surface area contributed by atoms with Crippen molar-refractivity contribution in [3.05, 3.63) is 54.9 Å². The summed E-state index contributed by atoms with van der Waals surface area (Å²) in [7, 11) is 0. The molecule has 1 fully saturated rings. The number of rotatable bonds is 8. The van der Waals surface area contributed by atoms with Gasteiger partial charge in [-0.3, -0.25) is 9.88 Å². The third-order valence-corrected chi connectivity index (χ3v) is 3.64. The van der Waals surface area contributed by atoms with Gasteiger partial charge in [0.15, 0.2) is 0 Å². The van der Waals surface area contributed by atoms with Crippen LogP contribution in [-0.2, 0) is 30.2 Å². The van der Waals surface area contributed by atoms with Gasteiger partial charge in [-0.25, -0.2) is 9.59 Å². The minimum absolute atomic E-state index is 0.307. The van der Waals surface area contributed by atoms with Gasteiger partial charge in [-0.15, -0.1) is 0 Å². The zero-order valence-electron chi connectivity index (χ0n) is 15.9. The Morgan fingerprint density at radius 2 is 1.89 bits per heavy atom. The molecule has 7 heteroatoms. The molecular formula is C20H28N2O5. The van der Waals surface area contributed by atoms with Gasteiger partial charge in [0.1, 0.15) is 6.61 Å². The average molecular weight is 376 g/mol. The third kappa shape index (κ3) is 10.9. The smallest absolute Gasteiger partial charge is 0.333 e. The van der Waals surface area contributed by atoms with E-state index in [-0.39, 0.29) is 11.9 Å². The van der Waals surface area contributed by atoms with Crippen molar-refractivity contribution >= 4 is 11.9 Å². The highest BCUT2D eigenvalue weighted by atomic mass is 16.5. The topological polar surface area (TPSA) is 78.0 Å². The predicted molar refractivity (Wildman–Crippen MR) is 102 cm³/mol. The van der Waals surface area contributed by atoms with E-state index in [4.69, 9.17) is 14.2 Å². The predicted octanol–water partition coefficient (Wildman–Crippen LogP) is 1.79. The molecule has 0 aliphatic carbocycles. The molecule has 0 unspecified atom stereocenters. The largest absolute Gasteiger partial charge is 0.462 e. The molecule has 1 saturated heterocycles. The summed E-state index contributed by atoms with van der Waals surface area (Å²) in [6, 6.07) is 3.78. The summed E-state index contributed by atoms with van der Waals surface area (Å²) in [5.41, 5.74) is 1.55. The number of nitrogens with zero attached hydrogens (tertiary/aromatic N) is 2.